The third kappa shape index (κ3) is 3.41. The number of carbonyl (C=O) groups excluding carboxylic acids is 1. The first-order chi connectivity index (χ1) is 8.88. The van der Waals surface area contributed by atoms with Crippen LogP contribution in [0.4, 0.5) is 11.4 Å². The van der Waals surface area contributed by atoms with Gasteiger partial charge in [-0.3, -0.25) is 14.9 Å². The van der Waals surface area contributed by atoms with Gasteiger partial charge in [-0.25, -0.2) is 0 Å². The summed E-state index contributed by atoms with van der Waals surface area (Å²) in [6.45, 7) is 3.70. The highest BCUT2D eigenvalue weighted by Crippen LogP contribution is 2.33. The minimum absolute atomic E-state index is 0.0649. The maximum absolute atomic E-state index is 11.9. The normalized spacial score (nSPS) is 13.6. The van der Waals surface area contributed by atoms with Crippen LogP contribution in [0, 0.1) is 16.0 Å². The molecule has 0 aliphatic carbocycles. The third-order valence-corrected chi connectivity index (χ3v) is 3.03. The Morgan fingerprint density at radius 2 is 2.21 bits per heavy atom. The first kappa shape index (κ1) is 14.9. The van der Waals surface area contributed by atoms with Gasteiger partial charge in [-0.15, -0.1) is 0 Å². The zero-order valence-corrected chi connectivity index (χ0v) is 10.8. The van der Waals surface area contributed by atoms with E-state index in [0.717, 1.165) is 0 Å². The number of hydrogen-bond acceptors (Lipinski definition) is 5. The van der Waals surface area contributed by atoms with E-state index in [-0.39, 0.29) is 23.0 Å². The van der Waals surface area contributed by atoms with Gasteiger partial charge in [0, 0.05) is 6.07 Å². The van der Waals surface area contributed by atoms with Crippen molar-refractivity contribution in [3.05, 3.63) is 28.3 Å². The van der Waals surface area contributed by atoms with E-state index in [1.54, 1.807) is 0 Å². The number of carbonyl (C=O) groups is 1. The number of phenolic OH excluding ortho intramolecular Hbond substituents is 1. The van der Waals surface area contributed by atoms with Crippen LogP contribution in [0.5, 0.6) is 5.75 Å². The highest BCUT2D eigenvalue weighted by atomic mass is 16.6. The average Bonchev–Trinajstić information content (AvgIpc) is 2.38. The second-order valence-corrected chi connectivity index (χ2v) is 4.33. The Hall–Kier alpha value is -2.15. The Morgan fingerprint density at radius 1 is 1.58 bits per heavy atom. The molecule has 104 valence electrons. The van der Waals surface area contributed by atoms with Crippen molar-refractivity contribution in [3.8, 4) is 5.75 Å². The molecule has 1 aromatic carbocycles. The van der Waals surface area contributed by atoms with Gasteiger partial charge in [-0.1, -0.05) is 26.3 Å². The molecule has 2 atom stereocenters. The number of hydrogen-bond donors (Lipinski definition) is 3. The first-order valence-electron chi connectivity index (χ1n) is 5.91. The number of para-hydroxylation sites is 1. The molecule has 0 aliphatic heterocycles. The van der Waals surface area contributed by atoms with Gasteiger partial charge in [-0.2, -0.15) is 0 Å². The molecule has 1 amide bonds. The lowest BCUT2D eigenvalue weighted by Gasteiger charge is -2.18. The molecular weight excluding hydrogens is 250 g/mol. The number of nitrogens with two attached hydrogens (primary N) is 1. The quantitative estimate of drug-likeness (QED) is 0.425. The Balaban J connectivity index is 2.99. The largest absolute Gasteiger partial charge is 0.505 e. The molecule has 0 radical (unpaired) electrons. The van der Waals surface area contributed by atoms with Crippen molar-refractivity contribution < 1.29 is 14.8 Å². The number of phenols is 1. The molecule has 1 unspecified atom stereocenters. The van der Waals surface area contributed by atoms with Crippen molar-refractivity contribution in [1.82, 2.24) is 0 Å². The second-order valence-electron chi connectivity index (χ2n) is 4.33. The van der Waals surface area contributed by atoms with E-state index >= 15 is 0 Å². The summed E-state index contributed by atoms with van der Waals surface area (Å²) in [5.41, 5.74) is 5.14. The van der Waals surface area contributed by atoms with Crippen molar-refractivity contribution in [1.29, 1.82) is 0 Å². The molecule has 0 aromatic heterocycles. The SMILES string of the molecule is CCC(C)[C@H](N)C(=O)Nc1c(O)cccc1[N+](=O)[O-]. The molecular formula is C12H17N3O4. The van der Waals surface area contributed by atoms with Crippen molar-refractivity contribution in [2.24, 2.45) is 11.7 Å². The van der Waals surface area contributed by atoms with Crippen LogP contribution in [0.25, 0.3) is 0 Å². The predicted molar refractivity (Wildman–Crippen MR) is 70.8 cm³/mol. The summed E-state index contributed by atoms with van der Waals surface area (Å²) >= 11 is 0. The lowest BCUT2D eigenvalue weighted by atomic mass is 9.99. The minimum atomic E-state index is -0.788. The minimum Gasteiger partial charge on any atom is -0.505 e. The standard InChI is InChI=1S/C12H17N3O4/c1-3-7(2)10(13)12(17)14-11-8(15(18)19)5-4-6-9(11)16/h4-7,10,16H,3,13H2,1-2H3,(H,14,17)/t7?,10-/m0/s1. The Kier molecular flexibility index (Phi) is 4.82. The van der Waals surface area contributed by atoms with E-state index in [0.29, 0.717) is 6.42 Å². The van der Waals surface area contributed by atoms with Gasteiger partial charge in [0.1, 0.15) is 5.75 Å². The number of nitro benzene ring substituents is 1. The number of nitrogens with zero attached hydrogens (tertiary/aromatic N) is 1. The molecule has 0 heterocycles. The zero-order chi connectivity index (χ0) is 14.6. The van der Waals surface area contributed by atoms with Gasteiger partial charge < -0.3 is 16.2 Å². The van der Waals surface area contributed by atoms with E-state index in [2.05, 4.69) is 5.32 Å². The number of benzene rings is 1. The van der Waals surface area contributed by atoms with Gasteiger partial charge in [0.2, 0.25) is 5.91 Å². The summed E-state index contributed by atoms with van der Waals surface area (Å²) in [6.07, 6.45) is 0.706. The highest BCUT2D eigenvalue weighted by molar-refractivity contribution is 5.98. The van der Waals surface area contributed by atoms with Gasteiger partial charge in [0.15, 0.2) is 5.69 Å². The van der Waals surface area contributed by atoms with Crippen LogP contribution < -0.4 is 11.1 Å². The number of nitro groups is 1. The number of rotatable bonds is 5. The zero-order valence-electron chi connectivity index (χ0n) is 10.8. The van der Waals surface area contributed by atoms with Crippen LogP contribution in [-0.4, -0.2) is 22.0 Å². The van der Waals surface area contributed by atoms with Crippen LogP contribution in [-0.2, 0) is 4.79 Å². The summed E-state index contributed by atoms with van der Waals surface area (Å²) in [5, 5.41) is 22.8. The van der Waals surface area contributed by atoms with Crippen LogP contribution in [0.3, 0.4) is 0 Å². The smallest absolute Gasteiger partial charge is 0.296 e. The van der Waals surface area contributed by atoms with Crippen LogP contribution in [0.1, 0.15) is 20.3 Å². The van der Waals surface area contributed by atoms with Crippen LogP contribution >= 0.6 is 0 Å². The maximum Gasteiger partial charge on any atom is 0.296 e. The summed E-state index contributed by atoms with van der Waals surface area (Å²) in [6, 6.07) is 3.00. The molecule has 0 bridgehead atoms. The second kappa shape index (κ2) is 6.14. The van der Waals surface area contributed by atoms with Crippen molar-refractivity contribution in [2.45, 2.75) is 26.3 Å². The van der Waals surface area contributed by atoms with Gasteiger partial charge in [0.25, 0.3) is 5.69 Å². The third-order valence-electron chi connectivity index (χ3n) is 3.03. The topological polar surface area (TPSA) is 118 Å². The predicted octanol–water partition coefficient (Wildman–Crippen LogP) is 1.61. The van der Waals surface area contributed by atoms with E-state index in [4.69, 9.17) is 5.73 Å². The Morgan fingerprint density at radius 3 is 2.74 bits per heavy atom. The van der Waals surface area contributed by atoms with E-state index < -0.39 is 16.9 Å². The fourth-order valence-electron chi connectivity index (χ4n) is 1.53. The highest BCUT2D eigenvalue weighted by Gasteiger charge is 2.24. The number of aromatic hydroxyl groups is 1. The lowest BCUT2D eigenvalue weighted by molar-refractivity contribution is -0.384. The molecule has 0 saturated heterocycles. The molecule has 19 heavy (non-hydrogen) atoms. The van der Waals surface area contributed by atoms with Crippen molar-refractivity contribution in [2.75, 3.05) is 5.32 Å². The van der Waals surface area contributed by atoms with E-state index in [9.17, 15) is 20.0 Å². The number of nitrogens with one attached hydrogen (secondary N) is 1. The molecule has 7 heteroatoms. The summed E-state index contributed by atoms with van der Waals surface area (Å²) in [5.74, 6) is -0.984. The van der Waals surface area contributed by atoms with Crippen LogP contribution in [0.15, 0.2) is 18.2 Å². The molecule has 0 aliphatic rings. The van der Waals surface area contributed by atoms with Crippen LogP contribution in [0.2, 0.25) is 0 Å². The molecule has 1 rings (SSSR count). The number of anilines is 1. The summed E-state index contributed by atoms with van der Waals surface area (Å²) in [4.78, 5) is 22.0. The van der Waals surface area contributed by atoms with E-state index in [1.807, 2.05) is 13.8 Å². The number of amides is 1. The molecule has 1 aromatic rings. The van der Waals surface area contributed by atoms with Crippen molar-refractivity contribution in [3.63, 3.8) is 0 Å². The Bertz CT molecular complexity index is 490. The first-order valence-corrected chi connectivity index (χ1v) is 5.91. The summed E-state index contributed by atoms with van der Waals surface area (Å²) < 4.78 is 0. The fourth-order valence-corrected chi connectivity index (χ4v) is 1.53. The molecule has 4 N–H and O–H groups in total. The fraction of sp³-hybridized carbons (Fsp3) is 0.417. The monoisotopic (exact) mass is 267 g/mol. The van der Waals surface area contributed by atoms with E-state index in [1.165, 1.54) is 18.2 Å². The molecule has 0 saturated carbocycles. The maximum atomic E-state index is 11.9. The van der Waals surface area contributed by atoms with Gasteiger partial charge in [-0.05, 0) is 12.0 Å². The average molecular weight is 267 g/mol. The summed E-state index contributed by atoms with van der Waals surface area (Å²) in [7, 11) is 0. The lowest BCUT2D eigenvalue weighted by Crippen LogP contribution is -2.40. The Labute approximate surface area is 110 Å². The molecule has 7 nitrogen and oxygen atoms in total. The molecule has 0 spiro atoms. The van der Waals surface area contributed by atoms with Gasteiger partial charge in [0.05, 0.1) is 11.0 Å². The molecule has 0 fully saturated rings. The van der Waals surface area contributed by atoms with Crippen molar-refractivity contribution >= 4 is 17.3 Å². The van der Waals surface area contributed by atoms with Gasteiger partial charge >= 0.3 is 0 Å².